The summed E-state index contributed by atoms with van der Waals surface area (Å²) in [6.45, 7) is 0.123. The Labute approximate surface area is 180 Å². The fourth-order valence-electron chi connectivity index (χ4n) is 2.42. The number of hydrogen-bond acceptors (Lipinski definition) is 4. The Morgan fingerprint density at radius 3 is 2.50 bits per heavy atom. The van der Waals surface area contributed by atoms with Gasteiger partial charge in [-0.1, -0.05) is 59.6 Å². The van der Waals surface area contributed by atoms with Gasteiger partial charge in [0.15, 0.2) is 0 Å². The lowest BCUT2D eigenvalue weighted by Crippen LogP contribution is -2.40. The molecule has 0 aliphatic rings. The zero-order valence-electron chi connectivity index (χ0n) is 15.4. The molecule has 1 amide bonds. The van der Waals surface area contributed by atoms with Gasteiger partial charge < -0.3 is 5.32 Å². The summed E-state index contributed by atoms with van der Waals surface area (Å²) < 4.78 is 25.2. The van der Waals surface area contributed by atoms with Crippen molar-refractivity contribution in [2.45, 2.75) is 12.2 Å². The number of anilines is 1. The van der Waals surface area contributed by atoms with Crippen molar-refractivity contribution >= 4 is 56.6 Å². The Bertz CT molecular complexity index is 893. The van der Waals surface area contributed by atoms with Crippen molar-refractivity contribution in [3.8, 4) is 0 Å². The van der Waals surface area contributed by atoms with E-state index in [0.717, 1.165) is 28.5 Å². The first kappa shape index (κ1) is 22.9. The molecule has 0 aliphatic heterocycles. The number of halogens is 2. The average Bonchev–Trinajstić information content (AvgIpc) is 2.65. The van der Waals surface area contributed by atoms with Crippen molar-refractivity contribution in [3.05, 3.63) is 64.1 Å². The van der Waals surface area contributed by atoms with Crippen LogP contribution in [0.15, 0.2) is 48.5 Å². The first-order valence-corrected chi connectivity index (χ1v) is 12.3. The summed E-state index contributed by atoms with van der Waals surface area (Å²) in [7, 11) is -3.70. The highest BCUT2D eigenvalue weighted by Crippen LogP contribution is 2.33. The highest BCUT2D eigenvalue weighted by atomic mass is 35.5. The van der Waals surface area contributed by atoms with E-state index in [0.29, 0.717) is 6.54 Å². The van der Waals surface area contributed by atoms with Crippen LogP contribution in [0.3, 0.4) is 0 Å². The third-order valence-corrected chi connectivity index (χ3v) is 6.84. The molecular weight excluding hydrogens is 439 g/mol. The molecule has 0 radical (unpaired) electrons. The summed E-state index contributed by atoms with van der Waals surface area (Å²) >= 11 is 13.9. The molecule has 0 aromatic heterocycles. The van der Waals surface area contributed by atoms with Crippen molar-refractivity contribution in [2.75, 3.05) is 29.4 Å². The third kappa shape index (κ3) is 7.20. The molecule has 9 heteroatoms. The highest BCUT2D eigenvalue weighted by molar-refractivity contribution is 7.98. The predicted octanol–water partition coefficient (Wildman–Crippen LogP) is 4.20. The standard InChI is InChI=1S/C19H22Cl2N2O3S2/c1-28(25,26)23(17-10-5-9-16(20)19(17)21)13-18(24)22-11-6-12-27-14-15-7-3-2-4-8-15/h2-5,7-10H,6,11-14H2,1H3,(H,22,24). The lowest BCUT2D eigenvalue weighted by molar-refractivity contribution is -0.119. The van der Waals surface area contributed by atoms with Crippen LogP contribution in [0.2, 0.25) is 10.0 Å². The van der Waals surface area contributed by atoms with E-state index in [1.165, 1.54) is 11.6 Å². The van der Waals surface area contributed by atoms with Gasteiger partial charge in [0.2, 0.25) is 15.9 Å². The lowest BCUT2D eigenvalue weighted by Gasteiger charge is -2.23. The van der Waals surface area contributed by atoms with Gasteiger partial charge in [-0.05, 0) is 29.9 Å². The summed E-state index contributed by atoms with van der Waals surface area (Å²) in [5.41, 5.74) is 1.45. The first-order valence-electron chi connectivity index (χ1n) is 8.59. The minimum atomic E-state index is -3.70. The minimum absolute atomic E-state index is 0.0969. The van der Waals surface area contributed by atoms with Gasteiger partial charge in [-0.25, -0.2) is 8.42 Å². The van der Waals surface area contributed by atoms with Crippen LogP contribution in [0.4, 0.5) is 5.69 Å². The van der Waals surface area contributed by atoms with Crippen LogP contribution >= 0.6 is 35.0 Å². The maximum absolute atomic E-state index is 12.2. The predicted molar refractivity (Wildman–Crippen MR) is 119 cm³/mol. The first-order chi connectivity index (χ1) is 13.3. The van der Waals surface area contributed by atoms with Crippen molar-refractivity contribution in [1.29, 1.82) is 0 Å². The average molecular weight is 461 g/mol. The number of nitrogens with zero attached hydrogens (tertiary/aromatic N) is 1. The van der Waals surface area contributed by atoms with E-state index in [2.05, 4.69) is 17.4 Å². The molecule has 1 N–H and O–H groups in total. The second-order valence-corrected chi connectivity index (χ2v) is 9.88. The van der Waals surface area contributed by atoms with Gasteiger partial charge in [0.25, 0.3) is 0 Å². The smallest absolute Gasteiger partial charge is 0.240 e. The number of benzene rings is 2. The van der Waals surface area contributed by atoms with E-state index in [4.69, 9.17) is 23.2 Å². The summed E-state index contributed by atoms with van der Waals surface area (Å²) in [5, 5.41) is 3.08. The van der Waals surface area contributed by atoms with Gasteiger partial charge in [0.1, 0.15) is 6.54 Å². The molecule has 0 aliphatic carbocycles. The largest absolute Gasteiger partial charge is 0.354 e. The number of rotatable bonds is 10. The molecule has 0 saturated carbocycles. The molecule has 152 valence electrons. The second-order valence-electron chi connectivity index (χ2n) is 6.08. The molecule has 2 rings (SSSR count). The van der Waals surface area contributed by atoms with E-state index in [9.17, 15) is 13.2 Å². The van der Waals surface area contributed by atoms with E-state index in [1.807, 2.05) is 18.2 Å². The summed E-state index contributed by atoms with van der Waals surface area (Å²) in [6, 6.07) is 14.8. The maximum Gasteiger partial charge on any atom is 0.240 e. The Hall–Kier alpha value is -1.41. The van der Waals surface area contributed by atoms with Gasteiger partial charge >= 0.3 is 0 Å². The van der Waals surface area contributed by atoms with Crippen LogP contribution in [0.5, 0.6) is 0 Å². The normalized spacial score (nSPS) is 11.2. The van der Waals surface area contributed by atoms with Crippen LogP contribution in [0.1, 0.15) is 12.0 Å². The Kier molecular flexibility index (Phi) is 8.95. The highest BCUT2D eigenvalue weighted by Gasteiger charge is 2.23. The fourth-order valence-corrected chi connectivity index (χ4v) is 4.65. The van der Waals surface area contributed by atoms with Crippen molar-refractivity contribution in [1.82, 2.24) is 5.32 Å². The summed E-state index contributed by atoms with van der Waals surface area (Å²) in [4.78, 5) is 12.2. The molecule has 0 unspecified atom stereocenters. The Morgan fingerprint density at radius 2 is 1.82 bits per heavy atom. The number of carbonyl (C=O) groups excluding carboxylic acids is 1. The van der Waals surface area contributed by atoms with Crippen LogP contribution in [0, 0.1) is 0 Å². The molecule has 28 heavy (non-hydrogen) atoms. The Morgan fingerprint density at radius 1 is 1.11 bits per heavy atom. The zero-order chi connectivity index (χ0) is 20.6. The van der Waals surface area contributed by atoms with E-state index in [-0.39, 0.29) is 22.3 Å². The van der Waals surface area contributed by atoms with Crippen molar-refractivity contribution in [2.24, 2.45) is 0 Å². The van der Waals surface area contributed by atoms with Gasteiger partial charge in [-0.15, -0.1) is 0 Å². The molecule has 0 saturated heterocycles. The molecule has 0 spiro atoms. The van der Waals surface area contributed by atoms with Gasteiger partial charge in [-0.3, -0.25) is 9.10 Å². The molecule has 0 fully saturated rings. The number of nitrogens with one attached hydrogen (secondary N) is 1. The molecule has 2 aromatic rings. The summed E-state index contributed by atoms with van der Waals surface area (Å²) in [6.07, 6.45) is 1.82. The van der Waals surface area contributed by atoms with Crippen molar-refractivity contribution < 1.29 is 13.2 Å². The van der Waals surface area contributed by atoms with E-state index < -0.39 is 15.9 Å². The zero-order valence-corrected chi connectivity index (χ0v) is 18.5. The number of amides is 1. The lowest BCUT2D eigenvalue weighted by atomic mass is 10.2. The number of thioether (sulfide) groups is 1. The monoisotopic (exact) mass is 460 g/mol. The van der Waals surface area contributed by atoms with Crippen LogP contribution in [0.25, 0.3) is 0 Å². The third-order valence-electron chi connectivity index (χ3n) is 3.79. The topological polar surface area (TPSA) is 66.5 Å². The number of hydrogen-bond donors (Lipinski definition) is 1. The molecule has 0 heterocycles. The van der Waals surface area contributed by atoms with Crippen LogP contribution < -0.4 is 9.62 Å². The second kappa shape index (κ2) is 11.0. The van der Waals surface area contributed by atoms with E-state index in [1.54, 1.807) is 23.9 Å². The fraction of sp³-hybridized carbons (Fsp3) is 0.316. The van der Waals surface area contributed by atoms with Gasteiger partial charge in [0.05, 0.1) is 22.0 Å². The van der Waals surface area contributed by atoms with Crippen LogP contribution in [-0.4, -0.2) is 39.4 Å². The van der Waals surface area contributed by atoms with Gasteiger partial charge in [-0.2, -0.15) is 11.8 Å². The molecule has 0 bridgehead atoms. The quantitative estimate of drug-likeness (QED) is 0.539. The maximum atomic E-state index is 12.2. The Balaban J connectivity index is 1.81. The molecule has 5 nitrogen and oxygen atoms in total. The number of carbonyl (C=O) groups is 1. The van der Waals surface area contributed by atoms with Crippen molar-refractivity contribution in [3.63, 3.8) is 0 Å². The SMILES string of the molecule is CS(=O)(=O)N(CC(=O)NCCCSCc1ccccc1)c1cccc(Cl)c1Cl. The summed E-state index contributed by atoms with van der Waals surface area (Å²) in [5.74, 6) is 1.42. The number of sulfonamides is 1. The molecular formula is C19H22Cl2N2O3S2. The van der Waals surface area contributed by atoms with Crippen LogP contribution in [-0.2, 0) is 20.6 Å². The van der Waals surface area contributed by atoms with Gasteiger partial charge in [0, 0.05) is 12.3 Å². The molecule has 0 atom stereocenters. The molecule has 2 aromatic carbocycles. The minimum Gasteiger partial charge on any atom is -0.354 e. The van der Waals surface area contributed by atoms with E-state index >= 15 is 0 Å².